The molecule has 5 N–H and O–H groups in total. The Hall–Kier alpha value is -2.49. The van der Waals surface area contributed by atoms with E-state index in [-0.39, 0.29) is 23.4 Å². The van der Waals surface area contributed by atoms with Gasteiger partial charge in [-0.05, 0) is 12.8 Å². The average Bonchev–Trinajstić information content (AvgIpc) is 2.43. The number of hydrogen-bond acceptors (Lipinski definition) is 8. The van der Waals surface area contributed by atoms with Gasteiger partial charge in [-0.3, -0.25) is 20.3 Å². The Morgan fingerprint density at radius 1 is 1.48 bits per heavy atom. The van der Waals surface area contributed by atoms with Crippen LogP contribution < -0.4 is 21.9 Å². The molecule has 21 heavy (non-hydrogen) atoms. The minimum atomic E-state index is -0.692. The number of carbonyl (C=O) groups is 1. The molecule has 1 rings (SSSR count). The molecule has 0 aliphatic carbocycles. The Bertz CT molecular complexity index is 521. The SMILES string of the molecule is CC(C)CNC(=O)C(C)Nc1nc(NN)ncc1[N+](=O)[O-]. The van der Waals surface area contributed by atoms with Crippen LogP contribution in [0.1, 0.15) is 20.8 Å². The first-order valence-corrected chi connectivity index (χ1v) is 6.37. The van der Waals surface area contributed by atoms with Crippen molar-refractivity contribution in [3.05, 3.63) is 16.3 Å². The summed E-state index contributed by atoms with van der Waals surface area (Å²) in [4.78, 5) is 29.7. The predicted molar refractivity (Wildman–Crippen MR) is 77.4 cm³/mol. The lowest BCUT2D eigenvalue weighted by Crippen LogP contribution is -2.39. The lowest BCUT2D eigenvalue weighted by atomic mass is 10.2. The van der Waals surface area contributed by atoms with E-state index in [2.05, 4.69) is 26.0 Å². The first kappa shape index (κ1) is 16.6. The van der Waals surface area contributed by atoms with Crippen molar-refractivity contribution in [1.29, 1.82) is 0 Å². The van der Waals surface area contributed by atoms with Gasteiger partial charge in [0.25, 0.3) is 0 Å². The first-order chi connectivity index (χ1) is 9.85. The van der Waals surface area contributed by atoms with Gasteiger partial charge in [0.05, 0.1) is 4.92 Å². The second-order valence-corrected chi connectivity index (χ2v) is 4.83. The molecule has 1 amide bonds. The maximum Gasteiger partial charge on any atom is 0.329 e. The fourth-order valence-corrected chi connectivity index (χ4v) is 1.41. The molecule has 0 saturated carbocycles. The number of rotatable bonds is 7. The Balaban J connectivity index is 2.85. The molecule has 0 radical (unpaired) electrons. The number of nitrogens with zero attached hydrogens (tertiary/aromatic N) is 3. The van der Waals surface area contributed by atoms with Crippen LogP contribution in [0.15, 0.2) is 6.20 Å². The van der Waals surface area contributed by atoms with Crippen molar-refractivity contribution in [1.82, 2.24) is 15.3 Å². The second kappa shape index (κ2) is 7.33. The Labute approximate surface area is 121 Å². The number of aromatic nitrogens is 2. The summed E-state index contributed by atoms with van der Waals surface area (Å²) >= 11 is 0. The van der Waals surface area contributed by atoms with E-state index < -0.39 is 11.0 Å². The highest BCUT2D eigenvalue weighted by molar-refractivity contribution is 5.84. The topological polar surface area (TPSA) is 148 Å². The van der Waals surface area contributed by atoms with E-state index in [1.807, 2.05) is 13.8 Å². The highest BCUT2D eigenvalue weighted by Gasteiger charge is 2.21. The highest BCUT2D eigenvalue weighted by Crippen LogP contribution is 2.22. The van der Waals surface area contributed by atoms with Crippen molar-refractivity contribution in [2.24, 2.45) is 11.8 Å². The first-order valence-electron chi connectivity index (χ1n) is 6.37. The lowest BCUT2D eigenvalue weighted by Gasteiger charge is -2.15. The third kappa shape index (κ3) is 4.84. The third-order valence-corrected chi connectivity index (χ3v) is 2.53. The molecule has 1 aromatic heterocycles. The maximum atomic E-state index is 11.9. The molecule has 1 unspecified atom stereocenters. The summed E-state index contributed by atoms with van der Waals surface area (Å²) in [7, 11) is 0. The van der Waals surface area contributed by atoms with E-state index in [9.17, 15) is 14.9 Å². The number of anilines is 2. The van der Waals surface area contributed by atoms with Gasteiger partial charge in [0.2, 0.25) is 17.7 Å². The van der Waals surface area contributed by atoms with Gasteiger partial charge in [-0.2, -0.15) is 4.98 Å². The molecule has 0 saturated heterocycles. The third-order valence-electron chi connectivity index (χ3n) is 2.53. The highest BCUT2D eigenvalue weighted by atomic mass is 16.6. The summed E-state index contributed by atoms with van der Waals surface area (Å²) in [6.07, 6.45) is 1.02. The molecule has 0 aromatic carbocycles. The van der Waals surface area contributed by atoms with E-state index >= 15 is 0 Å². The van der Waals surface area contributed by atoms with Gasteiger partial charge < -0.3 is 10.6 Å². The number of hydrogen-bond donors (Lipinski definition) is 4. The number of nitrogen functional groups attached to an aromatic ring is 1. The van der Waals surface area contributed by atoms with Gasteiger partial charge in [0, 0.05) is 6.54 Å². The molecule has 1 heterocycles. The summed E-state index contributed by atoms with van der Waals surface area (Å²) in [6, 6.07) is -0.692. The van der Waals surface area contributed by atoms with Gasteiger partial charge in [-0.25, -0.2) is 10.8 Å². The monoisotopic (exact) mass is 297 g/mol. The summed E-state index contributed by atoms with van der Waals surface area (Å²) in [5.41, 5.74) is 1.86. The van der Waals surface area contributed by atoms with Gasteiger partial charge in [-0.15, -0.1) is 0 Å². The summed E-state index contributed by atoms with van der Waals surface area (Å²) in [5.74, 6) is 5.13. The molecule has 0 bridgehead atoms. The maximum absolute atomic E-state index is 11.9. The zero-order valence-electron chi connectivity index (χ0n) is 12.1. The van der Waals surface area contributed by atoms with E-state index in [0.717, 1.165) is 6.20 Å². The van der Waals surface area contributed by atoms with E-state index in [4.69, 9.17) is 5.84 Å². The minimum absolute atomic E-state index is 0.0119. The normalized spacial score (nSPS) is 11.9. The standard InChI is InChI=1S/C11H19N7O3/c1-6(2)4-13-10(19)7(3)15-9-8(18(20)21)5-14-11(16-9)17-12/h5-7H,4,12H2,1-3H3,(H,13,19)(H2,14,15,16,17). The van der Waals surface area contributed by atoms with Crippen LogP contribution in [0, 0.1) is 16.0 Å². The molecule has 1 aromatic rings. The quantitative estimate of drug-likeness (QED) is 0.318. The minimum Gasteiger partial charge on any atom is -0.354 e. The molecule has 10 heteroatoms. The van der Waals surface area contributed by atoms with Crippen LogP contribution in [-0.4, -0.2) is 33.4 Å². The predicted octanol–water partition coefficient (Wildman–Crippen LogP) is 0.243. The molecule has 0 aliphatic heterocycles. The van der Waals surface area contributed by atoms with Crippen molar-refractivity contribution in [2.75, 3.05) is 17.3 Å². The fraction of sp³-hybridized carbons (Fsp3) is 0.545. The number of nitro groups is 1. The Kier molecular flexibility index (Phi) is 5.79. The van der Waals surface area contributed by atoms with E-state index in [0.29, 0.717) is 12.5 Å². The van der Waals surface area contributed by atoms with E-state index in [1.165, 1.54) is 0 Å². The van der Waals surface area contributed by atoms with Gasteiger partial charge in [0.1, 0.15) is 12.2 Å². The van der Waals surface area contributed by atoms with Crippen LogP contribution in [0.4, 0.5) is 17.5 Å². The van der Waals surface area contributed by atoms with Crippen LogP contribution in [-0.2, 0) is 4.79 Å². The smallest absolute Gasteiger partial charge is 0.329 e. The summed E-state index contributed by atoms with van der Waals surface area (Å²) in [6.45, 7) is 6.03. The van der Waals surface area contributed by atoms with Crippen molar-refractivity contribution < 1.29 is 9.72 Å². The van der Waals surface area contributed by atoms with E-state index in [1.54, 1.807) is 6.92 Å². The van der Waals surface area contributed by atoms with Crippen LogP contribution >= 0.6 is 0 Å². The van der Waals surface area contributed by atoms with Crippen LogP contribution in [0.3, 0.4) is 0 Å². The molecule has 10 nitrogen and oxygen atoms in total. The molecule has 0 aliphatic rings. The molecular formula is C11H19N7O3. The molecular weight excluding hydrogens is 278 g/mol. The van der Waals surface area contributed by atoms with Gasteiger partial charge in [0.15, 0.2) is 0 Å². The lowest BCUT2D eigenvalue weighted by molar-refractivity contribution is -0.384. The van der Waals surface area contributed by atoms with Crippen LogP contribution in [0.2, 0.25) is 0 Å². The summed E-state index contributed by atoms with van der Waals surface area (Å²) in [5, 5.41) is 16.3. The molecule has 1 atom stereocenters. The molecule has 0 spiro atoms. The average molecular weight is 297 g/mol. The number of hydrazine groups is 1. The largest absolute Gasteiger partial charge is 0.354 e. The Morgan fingerprint density at radius 2 is 2.14 bits per heavy atom. The van der Waals surface area contributed by atoms with Crippen molar-refractivity contribution >= 4 is 23.4 Å². The van der Waals surface area contributed by atoms with Crippen LogP contribution in [0.5, 0.6) is 0 Å². The molecule has 0 fully saturated rings. The zero-order chi connectivity index (χ0) is 16.0. The Morgan fingerprint density at radius 3 is 2.67 bits per heavy atom. The number of amides is 1. The van der Waals surface area contributed by atoms with Gasteiger partial charge >= 0.3 is 5.69 Å². The van der Waals surface area contributed by atoms with Crippen molar-refractivity contribution in [3.8, 4) is 0 Å². The number of carbonyl (C=O) groups excluding carboxylic acids is 1. The second-order valence-electron chi connectivity index (χ2n) is 4.83. The van der Waals surface area contributed by atoms with Gasteiger partial charge in [-0.1, -0.05) is 13.8 Å². The molecule has 116 valence electrons. The summed E-state index contributed by atoms with van der Waals surface area (Å²) < 4.78 is 0. The van der Waals surface area contributed by atoms with Crippen molar-refractivity contribution in [3.63, 3.8) is 0 Å². The van der Waals surface area contributed by atoms with Crippen molar-refractivity contribution in [2.45, 2.75) is 26.8 Å². The zero-order valence-corrected chi connectivity index (χ0v) is 12.1. The van der Waals surface area contributed by atoms with Crippen LogP contribution in [0.25, 0.3) is 0 Å². The number of nitrogens with two attached hydrogens (primary N) is 1. The fourth-order valence-electron chi connectivity index (χ4n) is 1.41. The number of nitrogens with one attached hydrogen (secondary N) is 3.